The first kappa shape index (κ1) is 21.6. The molecule has 0 unspecified atom stereocenters. The van der Waals surface area contributed by atoms with Gasteiger partial charge in [-0.15, -0.1) is 0 Å². The summed E-state index contributed by atoms with van der Waals surface area (Å²) in [6.45, 7) is 1.70. The predicted molar refractivity (Wildman–Crippen MR) is 123 cm³/mol. The average Bonchev–Trinajstić information content (AvgIpc) is 2.74. The Morgan fingerprint density at radius 1 is 1.00 bits per heavy atom. The quantitative estimate of drug-likeness (QED) is 0.538. The Hall–Kier alpha value is -3.12. The molecule has 3 aromatic carbocycles. The summed E-state index contributed by atoms with van der Waals surface area (Å²) in [6, 6.07) is 23.0. The van der Waals surface area contributed by atoms with Crippen LogP contribution in [0.1, 0.15) is 5.56 Å². The first-order valence-corrected chi connectivity index (χ1v) is 10.3. The van der Waals surface area contributed by atoms with Crippen molar-refractivity contribution >= 4 is 33.4 Å². The number of nitrogens with zero attached hydrogens (tertiary/aromatic N) is 1. The summed E-state index contributed by atoms with van der Waals surface area (Å²) in [5.41, 5.74) is 3.58. The molecule has 0 saturated carbocycles. The van der Waals surface area contributed by atoms with Crippen LogP contribution in [0.5, 0.6) is 5.75 Å². The van der Waals surface area contributed by atoms with Crippen LogP contribution in [-0.2, 0) is 9.59 Å². The minimum absolute atomic E-state index is 0.0575. The van der Waals surface area contributed by atoms with E-state index < -0.39 is 0 Å². The molecule has 0 aliphatic heterocycles. The third-order valence-corrected chi connectivity index (χ3v) is 5.09. The summed E-state index contributed by atoms with van der Waals surface area (Å²) in [5.74, 6) is 0.0851. The minimum atomic E-state index is -0.277. The lowest BCUT2D eigenvalue weighted by atomic mass is 10.1. The zero-order valence-electron chi connectivity index (χ0n) is 16.9. The van der Waals surface area contributed by atoms with Gasteiger partial charge in [0.15, 0.2) is 6.61 Å². The van der Waals surface area contributed by atoms with Crippen molar-refractivity contribution in [3.8, 4) is 16.9 Å². The molecule has 0 heterocycles. The van der Waals surface area contributed by atoms with Crippen LogP contribution < -0.4 is 10.1 Å². The van der Waals surface area contributed by atoms with Gasteiger partial charge in [-0.1, -0.05) is 64.5 Å². The zero-order chi connectivity index (χ0) is 21.5. The molecule has 1 N–H and O–H groups in total. The summed E-state index contributed by atoms with van der Waals surface area (Å²) >= 11 is 3.40. The summed E-state index contributed by atoms with van der Waals surface area (Å²) in [6.07, 6.45) is 0. The maximum Gasteiger partial charge on any atom is 0.260 e. The lowest BCUT2D eigenvalue weighted by molar-refractivity contribution is -0.135. The summed E-state index contributed by atoms with van der Waals surface area (Å²) < 4.78 is 6.72. The van der Waals surface area contributed by atoms with Crippen LogP contribution in [0, 0.1) is 6.92 Å². The van der Waals surface area contributed by atoms with Crippen LogP contribution in [0.25, 0.3) is 11.1 Å². The van der Waals surface area contributed by atoms with E-state index in [0.717, 1.165) is 26.9 Å². The molecule has 3 aromatic rings. The standard InChI is InChI=1S/C24H23BrN2O3/c1-17-14-19(25)12-13-21(17)26-23(28)15-27(2)24(29)16-30-22-11-7-6-10-20(22)18-8-4-3-5-9-18/h3-14H,15-16H2,1-2H3,(H,26,28). The third kappa shape index (κ3) is 5.70. The lowest BCUT2D eigenvalue weighted by Crippen LogP contribution is -2.37. The van der Waals surface area contributed by atoms with E-state index in [2.05, 4.69) is 21.2 Å². The number of carbonyl (C=O) groups excluding carboxylic acids is 2. The van der Waals surface area contributed by atoms with Crippen LogP contribution in [0.15, 0.2) is 77.3 Å². The van der Waals surface area contributed by atoms with E-state index in [1.165, 1.54) is 4.90 Å². The van der Waals surface area contributed by atoms with E-state index in [1.54, 1.807) is 7.05 Å². The number of hydrogen-bond donors (Lipinski definition) is 1. The van der Waals surface area contributed by atoms with Crippen molar-refractivity contribution in [2.45, 2.75) is 6.92 Å². The Balaban J connectivity index is 1.57. The summed E-state index contributed by atoms with van der Waals surface area (Å²) in [4.78, 5) is 26.2. The van der Waals surface area contributed by atoms with Gasteiger partial charge >= 0.3 is 0 Å². The maximum atomic E-state index is 12.5. The second kappa shape index (κ2) is 10.1. The molecule has 2 amide bonds. The van der Waals surface area contributed by atoms with Gasteiger partial charge in [-0.25, -0.2) is 0 Å². The number of carbonyl (C=O) groups is 2. The van der Waals surface area contributed by atoms with Crippen molar-refractivity contribution in [3.63, 3.8) is 0 Å². The number of likely N-dealkylation sites (N-methyl/N-ethyl adjacent to an activating group) is 1. The fraction of sp³-hybridized carbons (Fsp3) is 0.167. The molecule has 6 heteroatoms. The molecule has 5 nitrogen and oxygen atoms in total. The van der Waals surface area contributed by atoms with E-state index >= 15 is 0 Å². The van der Waals surface area contributed by atoms with Gasteiger partial charge in [0.1, 0.15) is 5.75 Å². The highest BCUT2D eigenvalue weighted by molar-refractivity contribution is 9.10. The van der Waals surface area contributed by atoms with Gasteiger partial charge in [-0.3, -0.25) is 9.59 Å². The van der Waals surface area contributed by atoms with Gasteiger partial charge in [0.25, 0.3) is 5.91 Å². The van der Waals surface area contributed by atoms with Crippen LogP contribution >= 0.6 is 15.9 Å². The van der Waals surface area contributed by atoms with Gasteiger partial charge in [0.05, 0.1) is 6.54 Å². The summed E-state index contributed by atoms with van der Waals surface area (Å²) in [5, 5.41) is 2.83. The largest absolute Gasteiger partial charge is 0.483 e. The van der Waals surface area contributed by atoms with Crippen LogP contribution in [0.4, 0.5) is 5.69 Å². The van der Waals surface area contributed by atoms with Gasteiger partial charge in [0, 0.05) is 22.8 Å². The van der Waals surface area contributed by atoms with Crippen molar-refractivity contribution in [3.05, 3.63) is 82.8 Å². The number of anilines is 1. The fourth-order valence-corrected chi connectivity index (χ4v) is 3.43. The normalized spacial score (nSPS) is 10.4. The SMILES string of the molecule is Cc1cc(Br)ccc1NC(=O)CN(C)C(=O)COc1ccccc1-c1ccccc1. The number of halogens is 1. The molecule has 3 rings (SSSR count). The molecular formula is C24H23BrN2O3. The maximum absolute atomic E-state index is 12.5. The molecule has 154 valence electrons. The molecule has 0 bridgehead atoms. The van der Waals surface area contributed by atoms with E-state index in [-0.39, 0.29) is 25.0 Å². The van der Waals surface area contributed by atoms with E-state index in [0.29, 0.717) is 5.75 Å². The number of aryl methyl sites for hydroxylation is 1. The zero-order valence-corrected chi connectivity index (χ0v) is 18.5. The highest BCUT2D eigenvalue weighted by Crippen LogP contribution is 2.29. The van der Waals surface area contributed by atoms with Crippen LogP contribution in [0.2, 0.25) is 0 Å². The lowest BCUT2D eigenvalue weighted by Gasteiger charge is -2.18. The molecular weight excluding hydrogens is 444 g/mol. The number of hydrogen-bond acceptors (Lipinski definition) is 3. The molecule has 0 aromatic heterocycles. The van der Waals surface area contributed by atoms with E-state index in [1.807, 2.05) is 79.7 Å². The second-order valence-electron chi connectivity index (χ2n) is 6.91. The van der Waals surface area contributed by atoms with Gasteiger partial charge in [-0.2, -0.15) is 0 Å². The smallest absolute Gasteiger partial charge is 0.260 e. The Bertz CT molecular complexity index is 1040. The van der Waals surface area contributed by atoms with Gasteiger partial charge < -0.3 is 15.0 Å². The Morgan fingerprint density at radius 3 is 2.43 bits per heavy atom. The van der Waals surface area contributed by atoms with Crippen molar-refractivity contribution in [2.24, 2.45) is 0 Å². The number of ether oxygens (including phenoxy) is 1. The number of benzene rings is 3. The fourth-order valence-electron chi connectivity index (χ4n) is 2.96. The van der Waals surface area contributed by atoms with Crippen molar-refractivity contribution in [1.29, 1.82) is 0 Å². The number of nitrogens with one attached hydrogen (secondary N) is 1. The van der Waals surface area contributed by atoms with Crippen molar-refractivity contribution in [2.75, 3.05) is 25.5 Å². The first-order chi connectivity index (χ1) is 14.4. The van der Waals surface area contributed by atoms with Crippen LogP contribution in [-0.4, -0.2) is 36.9 Å². The number of rotatable bonds is 7. The van der Waals surface area contributed by atoms with Gasteiger partial charge in [0.2, 0.25) is 5.91 Å². The Morgan fingerprint density at radius 2 is 1.70 bits per heavy atom. The number of amides is 2. The van der Waals surface area contributed by atoms with Crippen molar-refractivity contribution < 1.29 is 14.3 Å². The third-order valence-electron chi connectivity index (χ3n) is 4.59. The molecule has 0 radical (unpaired) electrons. The Kier molecular flexibility index (Phi) is 7.25. The molecule has 0 fully saturated rings. The topological polar surface area (TPSA) is 58.6 Å². The average molecular weight is 467 g/mol. The second-order valence-corrected chi connectivity index (χ2v) is 7.82. The molecule has 0 spiro atoms. The minimum Gasteiger partial charge on any atom is -0.483 e. The highest BCUT2D eigenvalue weighted by atomic mass is 79.9. The van der Waals surface area contributed by atoms with Crippen LogP contribution in [0.3, 0.4) is 0 Å². The molecule has 0 aliphatic rings. The monoisotopic (exact) mass is 466 g/mol. The van der Waals surface area contributed by atoms with E-state index in [9.17, 15) is 9.59 Å². The van der Waals surface area contributed by atoms with Crippen molar-refractivity contribution in [1.82, 2.24) is 4.90 Å². The van der Waals surface area contributed by atoms with Gasteiger partial charge in [-0.05, 0) is 42.3 Å². The molecule has 0 saturated heterocycles. The first-order valence-electron chi connectivity index (χ1n) is 9.51. The number of para-hydroxylation sites is 1. The molecule has 30 heavy (non-hydrogen) atoms. The molecule has 0 atom stereocenters. The molecule has 0 aliphatic carbocycles. The van der Waals surface area contributed by atoms with E-state index in [4.69, 9.17) is 4.74 Å². The predicted octanol–water partition coefficient (Wildman–Crippen LogP) is 4.90. The summed E-state index contributed by atoms with van der Waals surface area (Å²) in [7, 11) is 1.59. The highest BCUT2D eigenvalue weighted by Gasteiger charge is 2.15. The Labute approximate surface area is 184 Å².